The van der Waals surface area contributed by atoms with E-state index in [0.29, 0.717) is 16.3 Å². The molecule has 0 aliphatic rings. The molecule has 0 radical (unpaired) electrons. The van der Waals surface area contributed by atoms with Crippen molar-refractivity contribution in [1.29, 1.82) is 0 Å². The molecule has 0 aliphatic carbocycles. The number of carbonyl (C=O) groups excluding carboxylic acids is 2. The molecule has 3 aromatic rings. The van der Waals surface area contributed by atoms with Crippen molar-refractivity contribution >= 4 is 35.1 Å². The molecule has 0 unspecified atom stereocenters. The third-order valence-corrected chi connectivity index (χ3v) is 3.22. The van der Waals surface area contributed by atoms with E-state index in [1.54, 1.807) is 36.4 Å². The van der Waals surface area contributed by atoms with Gasteiger partial charge in [0.2, 0.25) is 0 Å². The van der Waals surface area contributed by atoms with Crippen LogP contribution in [0.1, 0.15) is 20.8 Å². The number of oxazole rings is 1. The molecule has 24 heavy (non-hydrogen) atoms. The van der Waals surface area contributed by atoms with Gasteiger partial charge in [-0.1, -0.05) is 17.7 Å². The zero-order chi connectivity index (χ0) is 16.9. The molecule has 1 aromatic carbocycles. The molecule has 2 N–H and O–H groups in total. The van der Waals surface area contributed by atoms with Gasteiger partial charge >= 0.3 is 6.01 Å². The van der Waals surface area contributed by atoms with Crippen molar-refractivity contribution in [2.45, 2.75) is 0 Å². The van der Waals surface area contributed by atoms with Crippen LogP contribution in [0.25, 0.3) is 0 Å². The van der Waals surface area contributed by atoms with E-state index in [1.165, 1.54) is 12.4 Å². The molecule has 7 nitrogen and oxygen atoms in total. The minimum atomic E-state index is -0.481. The Morgan fingerprint density at radius 3 is 2.58 bits per heavy atom. The lowest BCUT2D eigenvalue weighted by atomic mass is 10.2. The standard InChI is InChI=1S/C16H11ClN4O3/c17-11-2-1-3-12(8-11)19-15(23)13-9-24-16(20-13)21-14(22)10-4-6-18-7-5-10/h1-9H,(H,19,23)(H,20,21,22). The highest BCUT2D eigenvalue weighted by atomic mass is 35.5. The largest absolute Gasteiger partial charge is 0.431 e. The summed E-state index contributed by atoms with van der Waals surface area (Å²) in [6.45, 7) is 0. The van der Waals surface area contributed by atoms with E-state index in [9.17, 15) is 9.59 Å². The average molecular weight is 343 g/mol. The van der Waals surface area contributed by atoms with Crippen LogP contribution in [-0.4, -0.2) is 21.8 Å². The summed E-state index contributed by atoms with van der Waals surface area (Å²) in [7, 11) is 0. The monoisotopic (exact) mass is 342 g/mol. The highest BCUT2D eigenvalue weighted by Gasteiger charge is 2.15. The number of rotatable bonds is 4. The first-order chi connectivity index (χ1) is 11.6. The quantitative estimate of drug-likeness (QED) is 0.758. The molecule has 0 saturated carbocycles. The van der Waals surface area contributed by atoms with Crippen LogP contribution in [0.2, 0.25) is 5.02 Å². The summed E-state index contributed by atoms with van der Waals surface area (Å²) in [6.07, 6.45) is 4.14. The van der Waals surface area contributed by atoms with Crippen molar-refractivity contribution in [2.24, 2.45) is 0 Å². The SMILES string of the molecule is O=C(Nc1nc(C(=O)Nc2cccc(Cl)c2)co1)c1ccncc1. The van der Waals surface area contributed by atoms with Gasteiger partial charge in [-0.3, -0.25) is 19.9 Å². The number of hydrogen-bond acceptors (Lipinski definition) is 5. The Morgan fingerprint density at radius 2 is 1.83 bits per heavy atom. The second-order valence-electron chi connectivity index (χ2n) is 4.69. The second kappa shape index (κ2) is 6.93. The lowest BCUT2D eigenvalue weighted by molar-refractivity contribution is 0.101. The number of amides is 2. The molecule has 120 valence electrons. The number of hydrogen-bond donors (Lipinski definition) is 2. The lowest BCUT2D eigenvalue weighted by Crippen LogP contribution is -2.14. The van der Waals surface area contributed by atoms with Crippen molar-refractivity contribution in [2.75, 3.05) is 10.6 Å². The van der Waals surface area contributed by atoms with Gasteiger partial charge in [-0.2, -0.15) is 4.98 Å². The number of nitrogens with one attached hydrogen (secondary N) is 2. The number of pyridine rings is 1. The van der Waals surface area contributed by atoms with Crippen molar-refractivity contribution in [3.05, 3.63) is 71.3 Å². The summed E-state index contributed by atoms with van der Waals surface area (Å²) in [5, 5.41) is 5.59. The molecule has 0 spiro atoms. The molecule has 0 fully saturated rings. The Labute approximate surface area is 141 Å². The van der Waals surface area contributed by atoms with Crippen LogP contribution in [0.4, 0.5) is 11.7 Å². The van der Waals surface area contributed by atoms with Crippen LogP contribution >= 0.6 is 11.6 Å². The van der Waals surface area contributed by atoms with Gasteiger partial charge in [-0.05, 0) is 30.3 Å². The zero-order valence-corrected chi connectivity index (χ0v) is 12.9. The van der Waals surface area contributed by atoms with E-state index in [2.05, 4.69) is 20.6 Å². The zero-order valence-electron chi connectivity index (χ0n) is 12.2. The van der Waals surface area contributed by atoms with Gasteiger partial charge in [0.15, 0.2) is 5.69 Å². The van der Waals surface area contributed by atoms with Crippen molar-refractivity contribution in [1.82, 2.24) is 9.97 Å². The third kappa shape index (κ3) is 3.76. The fourth-order valence-electron chi connectivity index (χ4n) is 1.87. The van der Waals surface area contributed by atoms with Gasteiger partial charge in [-0.25, -0.2) is 0 Å². The molecule has 2 heterocycles. The van der Waals surface area contributed by atoms with Gasteiger partial charge < -0.3 is 9.73 Å². The van der Waals surface area contributed by atoms with Crippen molar-refractivity contribution < 1.29 is 14.0 Å². The highest BCUT2D eigenvalue weighted by Crippen LogP contribution is 2.16. The summed E-state index contributed by atoms with van der Waals surface area (Å²) in [5.74, 6) is -0.897. The lowest BCUT2D eigenvalue weighted by Gasteiger charge is -2.02. The molecular weight excluding hydrogens is 332 g/mol. The third-order valence-electron chi connectivity index (χ3n) is 2.98. The number of halogens is 1. The fourth-order valence-corrected chi connectivity index (χ4v) is 2.06. The minimum Gasteiger partial charge on any atom is -0.431 e. The second-order valence-corrected chi connectivity index (χ2v) is 5.13. The molecule has 8 heteroatoms. The molecule has 0 saturated heterocycles. The van der Waals surface area contributed by atoms with Gasteiger partial charge in [-0.15, -0.1) is 0 Å². The van der Waals surface area contributed by atoms with E-state index in [1.807, 2.05) is 0 Å². The van der Waals surface area contributed by atoms with E-state index < -0.39 is 11.8 Å². The van der Waals surface area contributed by atoms with Crippen LogP contribution in [0, 0.1) is 0 Å². The summed E-state index contributed by atoms with van der Waals surface area (Å²) in [5.41, 5.74) is 0.950. The number of anilines is 2. The van der Waals surface area contributed by atoms with E-state index >= 15 is 0 Å². The number of nitrogens with zero attached hydrogens (tertiary/aromatic N) is 2. The Kier molecular flexibility index (Phi) is 4.53. The number of benzene rings is 1. The highest BCUT2D eigenvalue weighted by molar-refractivity contribution is 6.30. The predicted octanol–water partition coefficient (Wildman–Crippen LogP) is 3.23. The summed E-state index contributed by atoms with van der Waals surface area (Å²) >= 11 is 5.86. The van der Waals surface area contributed by atoms with E-state index in [-0.39, 0.29) is 11.7 Å². The molecular formula is C16H11ClN4O3. The van der Waals surface area contributed by atoms with Crippen LogP contribution in [0.5, 0.6) is 0 Å². The van der Waals surface area contributed by atoms with Crippen molar-refractivity contribution in [3.63, 3.8) is 0 Å². The maximum Gasteiger partial charge on any atom is 0.302 e. The van der Waals surface area contributed by atoms with Gasteiger partial charge in [0.25, 0.3) is 11.8 Å². The van der Waals surface area contributed by atoms with Crippen LogP contribution in [0.3, 0.4) is 0 Å². The molecule has 2 amide bonds. The predicted molar refractivity (Wildman–Crippen MR) is 88.1 cm³/mol. The first kappa shape index (κ1) is 15.7. The summed E-state index contributed by atoms with van der Waals surface area (Å²) in [6, 6.07) is 9.71. The molecule has 0 bridgehead atoms. The fraction of sp³-hybridized carbons (Fsp3) is 0. The van der Waals surface area contributed by atoms with Gasteiger partial charge in [0.05, 0.1) is 0 Å². The molecule has 2 aromatic heterocycles. The van der Waals surface area contributed by atoms with Crippen molar-refractivity contribution in [3.8, 4) is 0 Å². The Bertz CT molecular complexity index is 880. The Morgan fingerprint density at radius 1 is 1.04 bits per heavy atom. The van der Waals surface area contributed by atoms with Crippen LogP contribution in [0.15, 0.2) is 59.5 Å². The van der Waals surface area contributed by atoms with E-state index in [4.69, 9.17) is 16.0 Å². The smallest absolute Gasteiger partial charge is 0.302 e. The van der Waals surface area contributed by atoms with Gasteiger partial charge in [0, 0.05) is 28.7 Å². The van der Waals surface area contributed by atoms with Crippen LogP contribution in [-0.2, 0) is 0 Å². The first-order valence-corrected chi connectivity index (χ1v) is 7.23. The maximum absolute atomic E-state index is 12.1. The normalized spacial score (nSPS) is 10.2. The Hall–Kier alpha value is -3.19. The maximum atomic E-state index is 12.1. The summed E-state index contributed by atoms with van der Waals surface area (Å²) < 4.78 is 5.09. The molecule has 0 atom stereocenters. The topological polar surface area (TPSA) is 97.1 Å². The molecule has 3 rings (SSSR count). The Balaban J connectivity index is 1.67. The van der Waals surface area contributed by atoms with Crippen LogP contribution < -0.4 is 10.6 Å². The summed E-state index contributed by atoms with van der Waals surface area (Å²) in [4.78, 5) is 31.8. The number of aromatic nitrogens is 2. The van der Waals surface area contributed by atoms with E-state index in [0.717, 1.165) is 6.26 Å². The molecule has 0 aliphatic heterocycles. The number of carbonyl (C=O) groups is 2. The average Bonchev–Trinajstić information content (AvgIpc) is 3.04. The first-order valence-electron chi connectivity index (χ1n) is 6.85. The minimum absolute atomic E-state index is 0.0278. The van der Waals surface area contributed by atoms with Gasteiger partial charge in [0.1, 0.15) is 6.26 Å².